The quantitative estimate of drug-likeness (QED) is 0.522. The summed E-state index contributed by atoms with van der Waals surface area (Å²) in [4.78, 5) is 12.6. The summed E-state index contributed by atoms with van der Waals surface area (Å²) in [6.45, 7) is 3.92. The highest BCUT2D eigenvalue weighted by molar-refractivity contribution is 6.10. The number of benzene rings is 3. The van der Waals surface area contributed by atoms with Crippen LogP contribution >= 0.6 is 0 Å². The zero-order valence-electron chi connectivity index (χ0n) is 14.7. The van der Waals surface area contributed by atoms with Crippen LogP contribution in [0, 0.1) is 0 Å². The number of furan rings is 1. The number of hydrogen-bond acceptors (Lipinski definition) is 3. The van der Waals surface area contributed by atoms with Crippen LogP contribution in [0.5, 0.6) is 5.75 Å². The third-order valence-corrected chi connectivity index (χ3v) is 4.11. The van der Waals surface area contributed by atoms with Gasteiger partial charge in [0.25, 0.3) is 5.91 Å². The zero-order valence-corrected chi connectivity index (χ0v) is 14.7. The van der Waals surface area contributed by atoms with Crippen molar-refractivity contribution in [1.29, 1.82) is 0 Å². The van der Waals surface area contributed by atoms with Crippen LogP contribution in [0.2, 0.25) is 0 Å². The molecule has 1 heterocycles. The third kappa shape index (κ3) is 3.14. The Bertz CT molecular complexity index is 1090. The lowest BCUT2D eigenvalue weighted by Crippen LogP contribution is -2.11. The predicted molar refractivity (Wildman–Crippen MR) is 104 cm³/mol. The van der Waals surface area contributed by atoms with Crippen LogP contribution in [0.3, 0.4) is 0 Å². The van der Waals surface area contributed by atoms with E-state index < -0.39 is 0 Å². The van der Waals surface area contributed by atoms with E-state index in [2.05, 4.69) is 5.32 Å². The van der Waals surface area contributed by atoms with E-state index in [-0.39, 0.29) is 17.8 Å². The fraction of sp³-hybridized carbons (Fsp3) is 0.136. The fourth-order valence-electron chi connectivity index (χ4n) is 3.02. The van der Waals surface area contributed by atoms with Crippen LogP contribution < -0.4 is 10.1 Å². The maximum atomic E-state index is 12.6. The summed E-state index contributed by atoms with van der Waals surface area (Å²) in [6.07, 6.45) is 0.0737. The maximum absolute atomic E-state index is 12.6. The van der Waals surface area contributed by atoms with E-state index in [0.29, 0.717) is 17.0 Å². The van der Waals surface area contributed by atoms with Crippen LogP contribution in [-0.2, 0) is 0 Å². The van der Waals surface area contributed by atoms with Gasteiger partial charge in [-0.2, -0.15) is 0 Å². The van der Waals surface area contributed by atoms with Gasteiger partial charge in [-0.25, -0.2) is 0 Å². The number of carbonyl (C=O) groups excluding carboxylic acids is 1. The summed E-state index contributed by atoms with van der Waals surface area (Å²) in [6, 6.07) is 21.1. The summed E-state index contributed by atoms with van der Waals surface area (Å²) < 4.78 is 11.4. The van der Waals surface area contributed by atoms with Crippen LogP contribution in [0.15, 0.2) is 71.1 Å². The Morgan fingerprint density at radius 3 is 2.65 bits per heavy atom. The Morgan fingerprint density at radius 1 is 0.962 bits per heavy atom. The first-order chi connectivity index (χ1) is 12.6. The molecule has 1 N–H and O–H groups in total. The van der Waals surface area contributed by atoms with Gasteiger partial charge in [0.1, 0.15) is 11.3 Å². The molecule has 0 spiro atoms. The lowest BCUT2D eigenvalue weighted by Gasteiger charge is -2.11. The molecule has 0 bridgehead atoms. The second-order valence-corrected chi connectivity index (χ2v) is 6.46. The number of hydrogen-bond donors (Lipinski definition) is 1. The number of amides is 1. The molecule has 1 amide bonds. The standard InChI is InChI=1S/C22H19NO3/c1-14(2)25-17-8-5-7-16(12-17)23-22(24)21-13-19-18-9-4-3-6-15(18)10-11-20(19)26-21/h3-14H,1-2H3,(H,23,24). The van der Waals surface area contributed by atoms with E-state index in [1.807, 2.05) is 68.4 Å². The van der Waals surface area contributed by atoms with Gasteiger partial charge in [-0.15, -0.1) is 0 Å². The molecule has 130 valence electrons. The van der Waals surface area contributed by atoms with Crippen LogP contribution in [0.4, 0.5) is 5.69 Å². The number of anilines is 1. The van der Waals surface area contributed by atoms with E-state index in [1.165, 1.54) is 0 Å². The summed E-state index contributed by atoms with van der Waals surface area (Å²) in [7, 11) is 0. The minimum Gasteiger partial charge on any atom is -0.491 e. The number of nitrogens with one attached hydrogen (secondary N) is 1. The molecule has 26 heavy (non-hydrogen) atoms. The van der Waals surface area contributed by atoms with Gasteiger partial charge >= 0.3 is 0 Å². The minimum atomic E-state index is -0.285. The van der Waals surface area contributed by atoms with Crippen molar-refractivity contribution in [3.63, 3.8) is 0 Å². The fourth-order valence-corrected chi connectivity index (χ4v) is 3.02. The lowest BCUT2D eigenvalue weighted by molar-refractivity contribution is 0.0998. The zero-order chi connectivity index (χ0) is 18.1. The van der Waals surface area contributed by atoms with E-state index in [0.717, 1.165) is 16.2 Å². The molecule has 0 saturated heterocycles. The lowest BCUT2D eigenvalue weighted by atomic mass is 10.1. The third-order valence-electron chi connectivity index (χ3n) is 4.11. The van der Waals surface area contributed by atoms with Gasteiger partial charge in [0.05, 0.1) is 6.10 Å². The second kappa shape index (κ2) is 6.56. The van der Waals surface area contributed by atoms with E-state index in [4.69, 9.17) is 9.15 Å². The molecule has 0 atom stereocenters. The minimum absolute atomic E-state index is 0.0737. The Hall–Kier alpha value is -3.27. The highest BCUT2D eigenvalue weighted by Crippen LogP contribution is 2.28. The SMILES string of the molecule is CC(C)Oc1cccc(NC(=O)c2cc3c(ccc4ccccc43)o2)c1. The van der Waals surface area contributed by atoms with Crippen molar-refractivity contribution < 1.29 is 13.9 Å². The van der Waals surface area contributed by atoms with Crippen molar-refractivity contribution in [2.24, 2.45) is 0 Å². The molecule has 0 radical (unpaired) electrons. The van der Waals surface area contributed by atoms with Crippen molar-refractivity contribution in [3.05, 3.63) is 72.5 Å². The highest BCUT2D eigenvalue weighted by Gasteiger charge is 2.14. The summed E-state index contributed by atoms with van der Waals surface area (Å²) in [5.41, 5.74) is 1.37. The van der Waals surface area contributed by atoms with Crippen LogP contribution in [0.1, 0.15) is 24.4 Å². The highest BCUT2D eigenvalue weighted by atomic mass is 16.5. The smallest absolute Gasteiger partial charge is 0.291 e. The van der Waals surface area contributed by atoms with Gasteiger partial charge in [-0.3, -0.25) is 4.79 Å². The first-order valence-corrected chi connectivity index (χ1v) is 8.59. The largest absolute Gasteiger partial charge is 0.491 e. The number of rotatable bonds is 4. The molecule has 0 unspecified atom stereocenters. The molecule has 3 aromatic carbocycles. The van der Waals surface area contributed by atoms with Gasteiger partial charge in [-0.1, -0.05) is 36.4 Å². The maximum Gasteiger partial charge on any atom is 0.291 e. The molecule has 4 aromatic rings. The monoisotopic (exact) mass is 345 g/mol. The summed E-state index contributed by atoms with van der Waals surface area (Å²) in [5, 5.41) is 5.99. The first kappa shape index (κ1) is 16.2. The average Bonchev–Trinajstić information content (AvgIpc) is 3.06. The van der Waals surface area contributed by atoms with Crippen molar-refractivity contribution >= 4 is 33.3 Å². The van der Waals surface area contributed by atoms with E-state index in [9.17, 15) is 4.79 Å². The number of ether oxygens (including phenoxy) is 1. The number of fused-ring (bicyclic) bond motifs is 3. The van der Waals surface area contributed by atoms with Gasteiger partial charge < -0.3 is 14.5 Å². The van der Waals surface area contributed by atoms with Gasteiger partial charge in [0, 0.05) is 17.1 Å². The van der Waals surface area contributed by atoms with Crippen molar-refractivity contribution in [2.45, 2.75) is 20.0 Å². The van der Waals surface area contributed by atoms with Crippen LogP contribution in [-0.4, -0.2) is 12.0 Å². The molecule has 0 fully saturated rings. The summed E-state index contributed by atoms with van der Waals surface area (Å²) >= 11 is 0. The van der Waals surface area contributed by atoms with Crippen molar-refractivity contribution in [2.75, 3.05) is 5.32 Å². The molecular formula is C22H19NO3. The van der Waals surface area contributed by atoms with Crippen molar-refractivity contribution in [1.82, 2.24) is 0 Å². The van der Waals surface area contributed by atoms with E-state index >= 15 is 0 Å². The molecule has 1 aromatic heterocycles. The Morgan fingerprint density at radius 2 is 1.81 bits per heavy atom. The summed E-state index contributed by atoms with van der Waals surface area (Å²) in [5.74, 6) is 0.715. The topological polar surface area (TPSA) is 51.5 Å². The second-order valence-electron chi connectivity index (χ2n) is 6.46. The predicted octanol–water partition coefficient (Wildman–Crippen LogP) is 5.63. The first-order valence-electron chi connectivity index (χ1n) is 8.59. The molecule has 4 nitrogen and oxygen atoms in total. The van der Waals surface area contributed by atoms with Gasteiger partial charge in [-0.05, 0) is 48.9 Å². The normalized spacial score (nSPS) is 11.2. The Balaban J connectivity index is 1.63. The van der Waals surface area contributed by atoms with Gasteiger partial charge in [0.15, 0.2) is 5.76 Å². The molecule has 0 aliphatic carbocycles. The van der Waals surface area contributed by atoms with Crippen molar-refractivity contribution in [3.8, 4) is 5.75 Å². The van der Waals surface area contributed by atoms with Gasteiger partial charge in [0.2, 0.25) is 0 Å². The number of carbonyl (C=O) groups is 1. The average molecular weight is 345 g/mol. The Labute approximate surface area is 151 Å². The molecule has 0 saturated carbocycles. The molecule has 4 rings (SSSR count). The van der Waals surface area contributed by atoms with Crippen LogP contribution in [0.25, 0.3) is 21.7 Å². The Kier molecular flexibility index (Phi) is 4.09. The molecular weight excluding hydrogens is 326 g/mol. The molecule has 0 aliphatic rings. The molecule has 4 heteroatoms. The van der Waals surface area contributed by atoms with E-state index in [1.54, 1.807) is 12.1 Å². The molecule has 0 aliphatic heterocycles.